The summed E-state index contributed by atoms with van der Waals surface area (Å²) in [6.07, 6.45) is 2.16. The van der Waals surface area contributed by atoms with E-state index in [9.17, 15) is 21.6 Å². The maximum Gasteiger partial charge on any atom is 0.251 e. The molecule has 1 atom stereocenters. The van der Waals surface area contributed by atoms with Gasteiger partial charge in [-0.25, -0.2) is 21.6 Å². The predicted molar refractivity (Wildman–Crippen MR) is 84.3 cm³/mol. The number of amides is 1. The molecule has 1 aromatic rings. The monoisotopic (exact) mass is 358 g/mol. The third kappa shape index (κ3) is 4.10. The SMILES string of the molecule is O=C(NC1CC1)c1cccc(S(=O)(=O)NC2CCS(=O)(=O)C2)c1. The van der Waals surface area contributed by atoms with E-state index in [1.807, 2.05) is 0 Å². The van der Waals surface area contributed by atoms with Crippen molar-refractivity contribution in [2.75, 3.05) is 11.5 Å². The Bertz CT molecular complexity index is 828. The number of nitrogens with one attached hydrogen (secondary N) is 2. The second-order valence-electron chi connectivity index (χ2n) is 6.00. The normalized spacial score (nSPS) is 23.6. The second kappa shape index (κ2) is 5.88. The fourth-order valence-electron chi connectivity index (χ4n) is 2.48. The highest BCUT2D eigenvalue weighted by Crippen LogP contribution is 2.20. The third-order valence-corrected chi connectivity index (χ3v) is 7.16. The van der Waals surface area contributed by atoms with Gasteiger partial charge in [0.25, 0.3) is 5.91 Å². The summed E-state index contributed by atoms with van der Waals surface area (Å²) >= 11 is 0. The molecule has 7 nitrogen and oxygen atoms in total. The number of carbonyl (C=O) groups excluding carboxylic acids is 1. The summed E-state index contributed by atoms with van der Waals surface area (Å²) in [5, 5.41) is 2.80. The standard InChI is InChI=1S/C14H18N2O5S2/c17-14(15-11-4-5-11)10-2-1-3-13(8-10)23(20,21)16-12-6-7-22(18,19)9-12/h1-3,8,11-12,16H,4-7,9H2,(H,15,17). The quantitative estimate of drug-likeness (QED) is 0.773. The van der Waals surface area contributed by atoms with Gasteiger partial charge in [-0.1, -0.05) is 6.07 Å². The summed E-state index contributed by atoms with van der Waals surface area (Å²) in [7, 11) is -7.03. The van der Waals surface area contributed by atoms with Gasteiger partial charge in [0.2, 0.25) is 10.0 Å². The molecule has 3 rings (SSSR count). The number of hydrogen-bond donors (Lipinski definition) is 2. The Balaban J connectivity index is 1.75. The molecule has 0 bridgehead atoms. The van der Waals surface area contributed by atoms with Crippen molar-refractivity contribution in [3.05, 3.63) is 29.8 Å². The first kappa shape index (κ1) is 16.4. The summed E-state index contributed by atoms with van der Waals surface area (Å²) in [5.41, 5.74) is 0.277. The minimum Gasteiger partial charge on any atom is -0.349 e. The first-order valence-electron chi connectivity index (χ1n) is 7.39. The van der Waals surface area contributed by atoms with Gasteiger partial charge in [0.05, 0.1) is 16.4 Å². The lowest BCUT2D eigenvalue weighted by molar-refractivity contribution is 0.0951. The Labute approximate surface area is 135 Å². The average molecular weight is 358 g/mol. The minimum atomic E-state index is -3.86. The van der Waals surface area contributed by atoms with Crippen LogP contribution in [0.3, 0.4) is 0 Å². The highest BCUT2D eigenvalue weighted by molar-refractivity contribution is 7.92. The van der Waals surface area contributed by atoms with Crippen LogP contribution in [0.25, 0.3) is 0 Å². The van der Waals surface area contributed by atoms with Gasteiger partial charge in [-0.3, -0.25) is 4.79 Å². The first-order valence-corrected chi connectivity index (χ1v) is 10.7. The van der Waals surface area contributed by atoms with Crippen molar-refractivity contribution in [3.8, 4) is 0 Å². The van der Waals surface area contributed by atoms with Gasteiger partial charge in [0, 0.05) is 17.6 Å². The summed E-state index contributed by atoms with van der Waals surface area (Å²) in [6.45, 7) is 0. The zero-order chi connectivity index (χ0) is 16.7. The lowest BCUT2D eigenvalue weighted by Crippen LogP contribution is -2.35. The molecule has 1 amide bonds. The molecule has 1 saturated carbocycles. The topological polar surface area (TPSA) is 109 Å². The van der Waals surface area contributed by atoms with Crippen molar-refractivity contribution in [1.29, 1.82) is 0 Å². The van der Waals surface area contributed by atoms with E-state index in [4.69, 9.17) is 0 Å². The van der Waals surface area contributed by atoms with E-state index >= 15 is 0 Å². The van der Waals surface area contributed by atoms with Gasteiger partial charge < -0.3 is 5.32 Å². The van der Waals surface area contributed by atoms with Crippen LogP contribution in [-0.4, -0.2) is 46.3 Å². The van der Waals surface area contributed by atoms with Crippen molar-refractivity contribution in [2.24, 2.45) is 0 Å². The molecule has 1 saturated heterocycles. The van der Waals surface area contributed by atoms with Gasteiger partial charge in [0.1, 0.15) is 0 Å². The van der Waals surface area contributed by atoms with E-state index in [2.05, 4.69) is 10.0 Å². The third-order valence-electron chi connectivity index (χ3n) is 3.87. The van der Waals surface area contributed by atoms with Crippen LogP contribution in [-0.2, 0) is 19.9 Å². The van der Waals surface area contributed by atoms with Gasteiger partial charge in [-0.15, -0.1) is 0 Å². The van der Waals surface area contributed by atoms with Crippen LogP contribution in [0.15, 0.2) is 29.2 Å². The lowest BCUT2D eigenvalue weighted by atomic mass is 10.2. The Morgan fingerprint density at radius 1 is 1.13 bits per heavy atom. The fourth-order valence-corrected chi connectivity index (χ4v) is 5.57. The number of carbonyl (C=O) groups is 1. The van der Waals surface area contributed by atoms with Crippen molar-refractivity contribution < 1.29 is 21.6 Å². The number of benzene rings is 1. The Kier molecular flexibility index (Phi) is 4.19. The van der Waals surface area contributed by atoms with E-state index < -0.39 is 25.9 Å². The molecule has 1 aliphatic carbocycles. The van der Waals surface area contributed by atoms with Gasteiger partial charge >= 0.3 is 0 Å². The largest absolute Gasteiger partial charge is 0.349 e. The molecule has 23 heavy (non-hydrogen) atoms. The van der Waals surface area contributed by atoms with Crippen LogP contribution in [0.1, 0.15) is 29.6 Å². The van der Waals surface area contributed by atoms with Crippen LogP contribution < -0.4 is 10.0 Å². The van der Waals surface area contributed by atoms with E-state index in [1.165, 1.54) is 18.2 Å². The van der Waals surface area contributed by atoms with Crippen LogP contribution in [0.4, 0.5) is 0 Å². The van der Waals surface area contributed by atoms with Crippen LogP contribution >= 0.6 is 0 Å². The summed E-state index contributed by atoms with van der Waals surface area (Å²) in [6, 6.07) is 5.32. The molecule has 1 unspecified atom stereocenters. The maximum absolute atomic E-state index is 12.4. The van der Waals surface area contributed by atoms with Crippen molar-refractivity contribution in [3.63, 3.8) is 0 Å². The first-order chi connectivity index (χ1) is 10.8. The summed E-state index contributed by atoms with van der Waals surface area (Å²) in [5.74, 6) is -0.494. The van der Waals surface area contributed by atoms with E-state index in [0.29, 0.717) is 0 Å². The molecule has 1 heterocycles. The fraction of sp³-hybridized carbons (Fsp3) is 0.500. The number of sulfone groups is 1. The lowest BCUT2D eigenvalue weighted by Gasteiger charge is -2.12. The van der Waals surface area contributed by atoms with E-state index in [-0.39, 0.29) is 40.3 Å². The molecule has 2 aliphatic rings. The van der Waals surface area contributed by atoms with Crippen LogP contribution in [0.5, 0.6) is 0 Å². The van der Waals surface area contributed by atoms with E-state index in [0.717, 1.165) is 12.8 Å². The zero-order valence-electron chi connectivity index (χ0n) is 12.4. The molecule has 2 N–H and O–H groups in total. The molecular formula is C14H18N2O5S2. The highest BCUT2D eigenvalue weighted by Gasteiger charge is 2.31. The molecule has 9 heteroatoms. The zero-order valence-corrected chi connectivity index (χ0v) is 14.0. The van der Waals surface area contributed by atoms with Crippen molar-refractivity contribution in [1.82, 2.24) is 10.0 Å². The number of rotatable bonds is 5. The highest BCUT2D eigenvalue weighted by atomic mass is 32.2. The molecule has 2 fully saturated rings. The summed E-state index contributed by atoms with van der Waals surface area (Å²) < 4.78 is 50.0. The molecular weight excluding hydrogens is 340 g/mol. The maximum atomic E-state index is 12.4. The van der Waals surface area contributed by atoms with Crippen molar-refractivity contribution in [2.45, 2.75) is 36.2 Å². The minimum absolute atomic E-state index is 0.00990. The summed E-state index contributed by atoms with van der Waals surface area (Å²) in [4.78, 5) is 12.0. The molecule has 1 aromatic carbocycles. The van der Waals surface area contributed by atoms with E-state index in [1.54, 1.807) is 6.07 Å². The Morgan fingerprint density at radius 3 is 2.48 bits per heavy atom. The van der Waals surface area contributed by atoms with Crippen LogP contribution in [0, 0.1) is 0 Å². The molecule has 126 valence electrons. The predicted octanol–water partition coefficient (Wildman–Crippen LogP) is 0.0442. The smallest absolute Gasteiger partial charge is 0.251 e. The number of hydrogen-bond acceptors (Lipinski definition) is 5. The van der Waals surface area contributed by atoms with Gasteiger partial charge in [0.15, 0.2) is 9.84 Å². The molecule has 0 spiro atoms. The van der Waals surface area contributed by atoms with Crippen LogP contribution in [0.2, 0.25) is 0 Å². The second-order valence-corrected chi connectivity index (χ2v) is 9.94. The number of sulfonamides is 1. The Hall–Kier alpha value is -1.45. The van der Waals surface area contributed by atoms with Gasteiger partial charge in [-0.05, 0) is 37.5 Å². The Morgan fingerprint density at radius 2 is 1.87 bits per heavy atom. The molecule has 1 aliphatic heterocycles. The van der Waals surface area contributed by atoms with Gasteiger partial charge in [-0.2, -0.15) is 0 Å². The average Bonchev–Trinajstić information content (AvgIpc) is 3.22. The van der Waals surface area contributed by atoms with Crippen molar-refractivity contribution >= 4 is 25.8 Å². The molecule has 0 radical (unpaired) electrons. The molecule has 0 aromatic heterocycles.